The summed E-state index contributed by atoms with van der Waals surface area (Å²) in [4.78, 5) is 13.8. The summed E-state index contributed by atoms with van der Waals surface area (Å²) in [7, 11) is 0. The molecule has 0 saturated carbocycles. The maximum atomic E-state index is 11.7. The zero-order valence-corrected chi connectivity index (χ0v) is 13.2. The van der Waals surface area contributed by atoms with Crippen molar-refractivity contribution in [2.75, 3.05) is 26.3 Å². The Morgan fingerprint density at radius 2 is 2.23 bits per heavy atom. The molecule has 0 bridgehead atoms. The first-order valence-electron chi connectivity index (χ1n) is 8.04. The zero-order chi connectivity index (χ0) is 15.6. The van der Waals surface area contributed by atoms with Crippen molar-refractivity contribution in [2.24, 2.45) is 0 Å². The first kappa shape index (κ1) is 16.7. The predicted molar refractivity (Wildman–Crippen MR) is 87.3 cm³/mol. The van der Waals surface area contributed by atoms with Crippen LogP contribution >= 0.6 is 0 Å². The van der Waals surface area contributed by atoms with Crippen molar-refractivity contribution < 1.29 is 14.3 Å². The van der Waals surface area contributed by atoms with Crippen molar-refractivity contribution in [1.29, 1.82) is 0 Å². The van der Waals surface area contributed by atoms with Gasteiger partial charge >= 0.3 is 5.97 Å². The molecule has 0 aromatic heterocycles. The molecule has 1 aliphatic rings. The zero-order valence-electron chi connectivity index (χ0n) is 13.2. The van der Waals surface area contributed by atoms with Crippen molar-refractivity contribution >= 4 is 12.0 Å². The summed E-state index contributed by atoms with van der Waals surface area (Å²) in [5.74, 6) is -0.119. The molecular formula is C18H25NO3. The van der Waals surface area contributed by atoms with E-state index in [0.29, 0.717) is 26.2 Å². The lowest BCUT2D eigenvalue weighted by Crippen LogP contribution is -2.31. The first-order chi connectivity index (χ1) is 10.8. The van der Waals surface area contributed by atoms with Crippen molar-refractivity contribution in [2.45, 2.75) is 32.4 Å². The number of benzene rings is 1. The van der Waals surface area contributed by atoms with Crippen LogP contribution in [0, 0.1) is 0 Å². The van der Waals surface area contributed by atoms with E-state index in [1.54, 1.807) is 0 Å². The molecule has 120 valence electrons. The third-order valence-corrected chi connectivity index (χ3v) is 3.64. The molecule has 4 heteroatoms. The largest absolute Gasteiger partial charge is 0.466 e. The number of nitrogens with zero attached hydrogens (tertiary/aromatic N) is 1. The van der Waals surface area contributed by atoms with Crippen molar-refractivity contribution in [3.8, 4) is 0 Å². The first-order valence-corrected chi connectivity index (χ1v) is 8.04. The molecule has 4 nitrogen and oxygen atoms in total. The van der Waals surface area contributed by atoms with Gasteiger partial charge in [-0.2, -0.15) is 0 Å². The van der Waals surface area contributed by atoms with Crippen LogP contribution < -0.4 is 0 Å². The summed E-state index contributed by atoms with van der Waals surface area (Å²) in [6, 6.07) is 10.1. The molecule has 0 amide bonds. The Morgan fingerprint density at radius 3 is 3.00 bits per heavy atom. The van der Waals surface area contributed by atoms with Gasteiger partial charge in [0.1, 0.15) is 6.23 Å². The molecule has 1 atom stereocenters. The van der Waals surface area contributed by atoms with Crippen molar-refractivity contribution in [3.05, 3.63) is 42.0 Å². The van der Waals surface area contributed by atoms with Crippen LogP contribution in [0.5, 0.6) is 0 Å². The van der Waals surface area contributed by atoms with E-state index in [2.05, 4.69) is 30.0 Å². The molecular weight excluding hydrogens is 278 g/mol. The summed E-state index contributed by atoms with van der Waals surface area (Å²) in [6.45, 7) is 4.84. The minimum Gasteiger partial charge on any atom is -0.466 e. The third kappa shape index (κ3) is 5.62. The number of unbranched alkanes of at least 4 members (excludes halogenated alkanes) is 1. The number of carbonyl (C=O) groups is 1. The second kappa shape index (κ2) is 9.38. The van der Waals surface area contributed by atoms with Crippen LogP contribution in [0.4, 0.5) is 0 Å². The molecule has 0 aliphatic carbocycles. The fourth-order valence-corrected chi connectivity index (χ4v) is 2.33. The lowest BCUT2D eigenvalue weighted by Gasteiger charge is -2.19. The highest BCUT2D eigenvalue weighted by atomic mass is 16.5. The Bertz CT molecular complexity index is 472. The molecule has 1 aromatic carbocycles. The van der Waals surface area contributed by atoms with Crippen LogP contribution in [0.1, 0.15) is 31.7 Å². The van der Waals surface area contributed by atoms with E-state index in [9.17, 15) is 4.79 Å². The number of hydrogen-bond acceptors (Lipinski definition) is 4. The molecule has 1 saturated heterocycles. The minimum absolute atomic E-state index is 0.0522. The van der Waals surface area contributed by atoms with E-state index in [4.69, 9.17) is 9.47 Å². The van der Waals surface area contributed by atoms with Gasteiger partial charge in [0.05, 0.1) is 19.6 Å². The van der Waals surface area contributed by atoms with E-state index < -0.39 is 0 Å². The molecule has 1 unspecified atom stereocenters. The summed E-state index contributed by atoms with van der Waals surface area (Å²) in [5.41, 5.74) is 1.15. The second-order valence-electron chi connectivity index (χ2n) is 5.39. The fourth-order valence-electron chi connectivity index (χ4n) is 2.33. The van der Waals surface area contributed by atoms with Crippen LogP contribution in [0.3, 0.4) is 0 Å². The van der Waals surface area contributed by atoms with Crippen LogP contribution in [0.2, 0.25) is 0 Å². The minimum atomic E-state index is -0.119. The van der Waals surface area contributed by atoms with E-state index in [-0.39, 0.29) is 12.2 Å². The molecule has 0 radical (unpaired) electrons. The normalized spacial score (nSPS) is 18.9. The van der Waals surface area contributed by atoms with Gasteiger partial charge in [0, 0.05) is 13.1 Å². The molecule has 1 aliphatic heterocycles. The van der Waals surface area contributed by atoms with Gasteiger partial charge in [0.25, 0.3) is 0 Å². The Balaban J connectivity index is 1.76. The fraction of sp³-hybridized carbons (Fsp3) is 0.500. The SMILES string of the molecule is CCCCOC(=O)CCN1CCOC1/C=C/c1ccccc1. The van der Waals surface area contributed by atoms with Crippen LogP contribution in [0.25, 0.3) is 6.08 Å². The lowest BCUT2D eigenvalue weighted by molar-refractivity contribution is -0.144. The Labute approximate surface area is 132 Å². The van der Waals surface area contributed by atoms with E-state index >= 15 is 0 Å². The summed E-state index contributed by atoms with van der Waals surface area (Å²) in [6.07, 6.45) is 6.44. The number of rotatable bonds is 8. The van der Waals surface area contributed by atoms with Gasteiger partial charge in [-0.15, -0.1) is 0 Å². The van der Waals surface area contributed by atoms with E-state index in [1.807, 2.05) is 24.3 Å². The van der Waals surface area contributed by atoms with Crippen molar-refractivity contribution in [3.63, 3.8) is 0 Å². The standard InChI is InChI=1S/C18H25NO3/c1-2-3-14-22-18(20)11-12-19-13-15-21-17(19)10-9-16-7-5-4-6-8-16/h4-10,17H,2-3,11-15H2,1H3/b10-9+. The average Bonchev–Trinajstić information content (AvgIpc) is 3.00. The highest BCUT2D eigenvalue weighted by Gasteiger charge is 2.23. The number of hydrogen-bond donors (Lipinski definition) is 0. The lowest BCUT2D eigenvalue weighted by atomic mass is 10.2. The Hall–Kier alpha value is -1.65. The average molecular weight is 303 g/mol. The molecule has 0 spiro atoms. The van der Waals surface area contributed by atoms with Crippen LogP contribution in [-0.2, 0) is 14.3 Å². The van der Waals surface area contributed by atoms with Crippen LogP contribution in [0.15, 0.2) is 36.4 Å². The molecule has 22 heavy (non-hydrogen) atoms. The second-order valence-corrected chi connectivity index (χ2v) is 5.39. The molecule has 1 heterocycles. The maximum Gasteiger partial charge on any atom is 0.307 e. The smallest absolute Gasteiger partial charge is 0.307 e. The highest BCUT2D eigenvalue weighted by Crippen LogP contribution is 2.14. The predicted octanol–water partition coefficient (Wildman–Crippen LogP) is 3.09. The summed E-state index contributed by atoms with van der Waals surface area (Å²) >= 11 is 0. The molecule has 1 fully saturated rings. The van der Waals surface area contributed by atoms with Gasteiger partial charge < -0.3 is 9.47 Å². The van der Waals surface area contributed by atoms with Crippen LogP contribution in [-0.4, -0.2) is 43.4 Å². The summed E-state index contributed by atoms with van der Waals surface area (Å²) < 4.78 is 10.9. The Morgan fingerprint density at radius 1 is 1.41 bits per heavy atom. The van der Waals surface area contributed by atoms with Gasteiger partial charge in [-0.3, -0.25) is 9.69 Å². The molecule has 0 N–H and O–H groups in total. The van der Waals surface area contributed by atoms with Gasteiger partial charge in [-0.05, 0) is 18.1 Å². The molecule has 2 rings (SSSR count). The van der Waals surface area contributed by atoms with E-state index in [0.717, 1.165) is 24.9 Å². The van der Waals surface area contributed by atoms with Gasteiger partial charge in [-0.25, -0.2) is 0 Å². The van der Waals surface area contributed by atoms with Gasteiger partial charge in [-0.1, -0.05) is 49.8 Å². The maximum absolute atomic E-state index is 11.7. The Kier molecular flexibility index (Phi) is 7.13. The topological polar surface area (TPSA) is 38.8 Å². The molecule has 1 aromatic rings. The quantitative estimate of drug-likeness (QED) is 0.546. The van der Waals surface area contributed by atoms with E-state index in [1.165, 1.54) is 0 Å². The monoisotopic (exact) mass is 303 g/mol. The number of esters is 1. The highest BCUT2D eigenvalue weighted by molar-refractivity contribution is 5.69. The third-order valence-electron chi connectivity index (χ3n) is 3.64. The van der Waals surface area contributed by atoms with Crippen molar-refractivity contribution in [1.82, 2.24) is 4.90 Å². The van der Waals surface area contributed by atoms with Gasteiger partial charge in [0.15, 0.2) is 0 Å². The van der Waals surface area contributed by atoms with Gasteiger partial charge in [0.2, 0.25) is 0 Å². The number of carbonyl (C=O) groups excluding carboxylic acids is 1. The number of ether oxygens (including phenoxy) is 2. The summed E-state index contributed by atoms with van der Waals surface area (Å²) in [5, 5.41) is 0.